The van der Waals surface area contributed by atoms with Gasteiger partial charge in [-0.25, -0.2) is 19.9 Å². The molecule has 194 valence electrons. The van der Waals surface area contributed by atoms with Gasteiger partial charge < -0.3 is 16.2 Å². The van der Waals surface area contributed by atoms with Crippen LogP contribution < -0.4 is 11.1 Å². The minimum atomic E-state index is -0.852. The van der Waals surface area contributed by atoms with Crippen molar-refractivity contribution in [1.82, 2.24) is 24.5 Å². The summed E-state index contributed by atoms with van der Waals surface area (Å²) in [7, 11) is 0. The predicted octanol–water partition coefficient (Wildman–Crippen LogP) is 4.57. The van der Waals surface area contributed by atoms with Crippen LogP contribution in [-0.2, 0) is 9.59 Å². The molecule has 0 aliphatic heterocycles. The summed E-state index contributed by atoms with van der Waals surface area (Å²) in [6, 6.07) is 20.9. The third kappa shape index (κ3) is 4.68. The number of hydrogen-bond acceptors (Lipinski definition) is 7. The summed E-state index contributed by atoms with van der Waals surface area (Å²) >= 11 is 0. The number of carboxylic acids is 1. The van der Waals surface area contributed by atoms with Crippen molar-refractivity contribution in [2.75, 3.05) is 11.1 Å². The normalized spacial score (nSPS) is 16.8. The van der Waals surface area contributed by atoms with Gasteiger partial charge in [0.15, 0.2) is 11.5 Å². The van der Waals surface area contributed by atoms with Crippen LogP contribution in [0.5, 0.6) is 0 Å². The largest absolute Gasteiger partial charge is 0.481 e. The lowest BCUT2D eigenvalue weighted by Crippen LogP contribution is -2.22. The lowest BCUT2D eigenvalue weighted by Gasteiger charge is -2.13. The van der Waals surface area contributed by atoms with Gasteiger partial charge >= 0.3 is 5.97 Å². The fraction of sp³-hybridized carbons (Fsp3) is 0.172. The Morgan fingerprint density at radius 1 is 0.923 bits per heavy atom. The molecule has 0 saturated heterocycles. The van der Waals surface area contributed by atoms with Crippen molar-refractivity contribution in [3.05, 3.63) is 79.1 Å². The van der Waals surface area contributed by atoms with Gasteiger partial charge in [-0.3, -0.25) is 14.2 Å². The van der Waals surface area contributed by atoms with E-state index in [1.54, 1.807) is 24.5 Å². The van der Waals surface area contributed by atoms with E-state index in [1.165, 1.54) is 0 Å². The molecule has 0 bridgehead atoms. The SMILES string of the molecule is Nc1ncccc1-c1nc2ccc(-c3ccccc3)nc2n1-c1ccc(NC(=O)C2CCC(C(=O)O)C2)nc1. The molecule has 4 aromatic heterocycles. The number of carboxylic acid groups (broad SMARTS) is 1. The van der Waals surface area contributed by atoms with Crippen LogP contribution in [0.2, 0.25) is 0 Å². The molecule has 4 N–H and O–H groups in total. The highest BCUT2D eigenvalue weighted by Crippen LogP contribution is 2.33. The summed E-state index contributed by atoms with van der Waals surface area (Å²) in [5.41, 5.74) is 10.6. The Bertz CT molecular complexity index is 1680. The summed E-state index contributed by atoms with van der Waals surface area (Å²) in [6.07, 6.45) is 4.66. The summed E-state index contributed by atoms with van der Waals surface area (Å²) in [4.78, 5) is 42.5. The van der Waals surface area contributed by atoms with E-state index in [0.29, 0.717) is 59.1 Å². The van der Waals surface area contributed by atoms with Gasteiger partial charge in [-0.2, -0.15) is 0 Å². The number of nitrogen functional groups attached to an aromatic ring is 1. The van der Waals surface area contributed by atoms with Crippen molar-refractivity contribution < 1.29 is 14.7 Å². The molecule has 6 rings (SSSR count). The number of hydrogen-bond donors (Lipinski definition) is 3. The van der Waals surface area contributed by atoms with Crippen LogP contribution in [0, 0.1) is 11.8 Å². The van der Waals surface area contributed by atoms with E-state index in [4.69, 9.17) is 15.7 Å². The smallest absolute Gasteiger partial charge is 0.306 e. The Labute approximate surface area is 223 Å². The van der Waals surface area contributed by atoms with Crippen molar-refractivity contribution in [2.24, 2.45) is 11.8 Å². The molecule has 1 saturated carbocycles. The molecule has 39 heavy (non-hydrogen) atoms. The van der Waals surface area contributed by atoms with E-state index >= 15 is 0 Å². The zero-order valence-corrected chi connectivity index (χ0v) is 20.9. The van der Waals surface area contributed by atoms with Gasteiger partial charge in [-0.05, 0) is 55.7 Å². The van der Waals surface area contributed by atoms with Crippen LogP contribution >= 0.6 is 0 Å². The molecule has 10 heteroatoms. The maximum absolute atomic E-state index is 12.7. The highest BCUT2D eigenvalue weighted by Gasteiger charge is 2.34. The summed E-state index contributed by atoms with van der Waals surface area (Å²) in [6.45, 7) is 0. The summed E-state index contributed by atoms with van der Waals surface area (Å²) < 4.78 is 1.88. The zero-order chi connectivity index (χ0) is 26.9. The number of fused-ring (bicyclic) bond motifs is 1. The number of imidazole rings is 1. The van der Waals surface area contributed by atoms with Crippen LogP contribution in [0.4, 0.5) is 11.6 Å². The van der Waals surface area contributed by atoms with Crippen molar-refractivity contribution in [3.8, 4) is 28.3 Å². The standard InChI is InChI=1S/C29H25N7O3/c30-25-21(7-4-14-31-25)26-34-23-12-11-22(17-5-2-1-3-6-17)33-27(23)36(26)20-10-13-24(32-16-20)35-28(37)18-8-9-19(15-18)29(38)39/h1-7,10-14,16,18-19H,8-9,15H2,(H2,30,31)(H,38,39)(H,32,35,37). The molecule has 5 aromatic rings. The number of nitrogens with one attached hydrogen (secondary N) is 1. The van der Waals surface area contributed by atoms with Crippen LogP contribution in [0.25, 0.3) is 39.5 Å². The number of amides is 1. The number of carbonyl (C=O) groups excluding carboxylic acids is 1. The van der Waals surface area contributed by atoms with Crippen molar-refractivity contribution in [3.63, 3.8) is 0 Å². The first-order valence-corrected chi connectivity index (χ1v) is 12.6. The zero-order valence-electron chi connectivity index (χ0n) is 20.9. The average Bonchev–Trinajstić information content (AvgIpc) is 3.60. The molecule has 1 amide bonds. The minimum absolute atomic E-state index is 0.218. The molecule has 1 aromatic carbocycles. The van der Waals surface area contributed by atoms with Crippen molar-refractivity contribution in [2.45, 2.75) is 19.3 Å². The first-order chi connectivity index (χ1) is 19.0. The number of carbonyl (C=O) groups is 2. The van der Waals surface area contributed by atoms with Crippen LogP contribution in [0.1, 0.15) is 19.3 Å². The molecule has 10 nitrogen and oxygen atoms in total. The molecule has 0 spiro atoms. The average molecular weight is 520 g/mol. The van der Waals surface area contributed by atoms with Gasteiger partial charge in [0.25, 0.3) is 0 Å². The Morgan fingerprint density at radius 3 is 2.46 bits per heavy atom. The van der Waals surface area contributed by atoms with Crippen molar-refractivity contribution >= 4 is 34.7 Å². The molecule has 1 aliphatic carbocycles. The van der Waals surface area contributed by atoms with Gasteiger partial charge in [-0.1, -0.05) is 30.3 Å². The number of nitrogens with zero attached hydrogens (tertiary/aromatic N) is 5. The topological polar surface area (TPSA) is 149 Å². The van der Waals surface area contributed by atoms with Crippen LogP contribution in [0.3, 0.4) is 0 Å². The molecule has 1 aliphatic rings. The summed E-state index contributed by atoms with van der Waals surface area (Å²) in [5.74, 6) is -0.599. The highest BCUT2D eigenvalue weighted by molar-refractivity contribution is 5.92. The maximum Gasteiger partial charge on any atom is 0.306 e. The minimum Gasteiger partial charge on any atom is -0.481 e. The predicted molar refractivity (Wildman–Crippen MR) is 147 cm³/mol. The van der Waals surface area contributed by atoms with Gasteiger partial charge in [-0.15, -0.1) is 0 Å². The molecule has 4 heterocycles. The number of anilines is 2. The molecule has 1 fully saturated rings. The van der Waals surface area contributed by atoms with E-state index in [0.717, 1.165) is 11.3 Å². The fourth-order valence-electron chi connectivity index (χ4n) is 5.02. The number of benzene rings is 1. The number of nitrogens with two attached hydrogens (primary N) is 1. The lowest BCUT2D eigenvalue weighted by atomic mass is 10.0. The van der Waals surface area contributed by atoms with E-state index in [1.807, 2.05) is 59.2 Å². The number of aromatic nitrogens is 5. The van der Waals surface area contributed by atoms with Crippen LogP contribution in [-0.4, -0.2) is 41.5 Å². The second-order valence-corrected chi connectivity index (χ2v) is 9.55. The van der Waals surface area contributed by atoms with E-state index in [9.17, 15) is 14.7 Å². The monoisotopic (exact) mass is 519 g/mol. The second kappa shape index (κ2) is 9.97. The van der Waals surface area contributed by atoms with E-state index in [-0.39, 0.29) is 11.8 Å². The number of aliphatic carboxylic acids is 1. The highest BCUT2D eigenvalue weighted by atomic mass is 16.4. The van der Waals surface area contributed by atoms with Crippen LogP contribution in [0.15, 0.2) is 79.1 Å². The molecular weight excluding hydrogens is 494 g/mol. The Balaban J connectivity index is 1.38. The molecule has 2 unspecified atom stereocenters. The Kier molecular flexibility index (Phi) is 6.20. The summed E-state index contributed by atoms with van der Waals surface area (Å²) in [5, 5.41) is 12.1. The maximum atomic E-state index is 12.7. The third-order valence-electron chi connectivity index (χ3n) is 7.06. The van der Waals surface area contributed by atoms with E-state index < -0.39 is 11.9 Å². The van der Waals surface area contributed by atoms with Gasteiger partial charge in [0.1, 0.15) is 17.2 Å². The lowest BCUT2D eigenvalue weighted by molar-refractivity contribution is -0.141. The number of pyridine rings is 3. The first kappa shape index (κ1) is 24.2. The third-order valence-corrected chi connectivity index (χ3v) is 7.06. The Hall–Kier alpha value is -5.12. The van der Waals surface area contributed by atoms with Gasteiger partial charge in [0.2, 0.25) is 5.91 Å². The number of rotatable bonds is 6. The van der Waals surface area contributed by atoms with Crippen molar-refractivity contribution in [1.29, 1.82) is 0 Å². The molecule has 2 atom stereocenters. The van der Waals surface area contributed by atoms with E-state index in [2.05, 4.69) is 15.3 Å². The quantitative estimate of drug-likeness (QED) is 0.295. The first-order valence-electron chi connectivity index (χ1n) is 12.6. The fourth-order valence-corrected chi connectivity index (χ4v) is 5.02. The second-order valence-electron chi connectivity index (χ2n) is 9.55. The molecular formula is C29H25N7O3. The molecule has 0 radical (unpaired) electrons. The van der Waals surface area contributed by atoms with Gasteiger partial charge in [0, 0.05) is 17.7 Å². The van der Waals surface area contributed by atoms with Gasteiger partial charge in [0.05, 0.1) is 29.1 Å². The Morgan fingerprint density at radius 2 is 1.74 bits per heavy atom.